The maximum absolute atomic E-state index is 13.7. The van der Waals surface area contributed by atoms with Crippen molar-refractivity contribution in [2.45, 2.75) is 38.0 Å². The molecule has 1 fully saturated rings. The molecular weight excluding hydrogens is 314 g/mol. The van der Waals surface area contributed by atoms with Crippen LogP contribution in [-0.4, -0.2) is 36.6 Å². The van der Waals surface area contributed by atoms with E-state index in [4.69, 9.17) is 10.5 Å². The minimum atomic E-state index is -0.629. The summed E-state index contributed by atoms with van der Waals surface area (Å²) in [4.78, 5) is 14.0. The van der Waals surface area contributed by atoms with Crippen LogP contribution in [-0.2, 0) is 16.1 Å². The van der Waals surface area contributed by atoms with E-state index in [1.807, 2.05) is 0 Å². The van der Waals surface area contributed by atoms with E-state index in [-0.39, 0.29) is 50.0 Å². The molecule has 1 aromatic carbocycles. The highest BCUT2D eigenvalue weighted by Crippen LogP contribution is 2.29. The Labute approximate surface area is 135 Å². The quantitative estimate of drug-likeness (QED) is 0.832. The molecule has 22 heavy (non-hydrogen) atoms. The standard InChI is InChI=1S/C15H20F2N2O2.ClH/c1-21-13(8-18)7-15(20)19(12-4-5-12)9-10-2-3-11(16)6-14(10)17;/h2-3,6,12-13H,4-5,7-9,18H2,1H3;1H. The molecule has 0 aromatic heterocycles. The van der Waals surface area contributed by atoms with E-state index in [9.17, 15) is 13.6 Å². The van der Waals surface area contributed by atoms with Gasteiger partial charge in [-0.2, -0.15) is 0 Å². The lowest BCUT2D eigenvalue weighted by Crippen LogP contribution is -2.37. The molecule has 0 radical (unpaired) electrons. The van der Waals surface area contributed by atoms with Crippen LogP contribution in [0.2, 0.25) is 0 Å². The molecule has 4 nitrogen and oxygen atoms in total. The van der Waals surface area contributed by atoms with Crippen molar-refractivity contribution in [2.24, 2.45) is 5.73 Å². The minimum Gasteiger partial charge on any atom is -0.380 e. The number of nitrogens with two attached hydrogens (primary N) is 1. The van der Waals surface area contributed by atoms with Crippen LogP contribution in [0.4, 0.5) is 8.78 Å². The first-order chi connectivity index (χ1) is 10.0. The number of amides is 1. The van der Waals surface area contributed by atoms with E-state index in [0.717, 1.165) is 18.9 Å². The van der Waals surface area contributed by atoms with Gasteiger partial charge < -0.3 is 15.4 Å². The van der Waals surface area contributed by atoms with Crippen LogP contribution in [0.15, 0.2) is 18.2 Å². The van der Waals surface area contributed by atoms with Crippen LogP contribution in [0.1, 0.15) is 24.8 Å². The van der Waals surface area contributed by atoms with Crippen LogP contribution >= 0.6 is 12.4 Å². The van der Waals surface area contributed by atoms with Crippen LogP contribution in [0.25, 0.3) is 0 Å². The van der Waals surface area contributed by atoms with Crippen LogP contribution in [0.5, 0.6) is 0 Å². The molecule has 124 valence electrons. The molecular formula is C15H21ClF2N2O2. The Morgan fingerprint density at radius 3 is 2.64 bits per heavy atom. The number of carbonyl (C=O) groups excluding carboxylic acids is 1. The van der Waals surface area contributed by atoms with Crippen molar-refractivity contribution in [3.63, 3.8) is 0 Å². The van der Waals surface area contributed by atoms with Gasteiger partial charge in [0.05, 0.1) is 12.5 Å². The highest BCUT2D eigenvalue weighted by molar-refractivity contribution is 5.85. The Morgan fingerprint density at radius 2 is 2.14 bits per heavy atom. The fourth-order valence-electron chi connectivity index (χ4n) is 2.22. The summed E-state index contributed by atoms with van der Waals surface area (Å²) in [6.45, 7) is 0.405. The first-order valence-electron chi connectivity index (χ1n) is 7.01. The Balaban J connectivity index is 0.00000242. The van der Waals surface area contributed by atoms with Gasteiger partial charge in [0.15, 0.2) is 0 Å². The van der Waals surface area contributed by atoms with E-state index in [0.29, 0.717) is 5.56 Å². The lowest BCUT2D eigenvalue weighted by atomic mass is 10.1. The summed E-state index contributed by atoms with van der Waals surface area (Å²) >= 11 is 0. The number of benzene rings is 1. The fourth-order valence-corrected chi connectivity index (χ4v) is 2.22. The molecule has 1 saturated carbocycles. The smallest absolute Gasteiger partial charge is 0.225 e. The molecule has 1 amide bonds. The Hall–Kier alpha value is -1.24. The molecule has 2 N–H and O–H groups in total. The molecule has 0 heterocycles. The van der Waals surface area contributed by atoms with Gasteiger partial charge in [0.2, 0.25) is 5.91 Å². The molecule has 7 heteroatoms. The van der Waals surface area contributed by atoms with E-state index in [2.05, 4.69) is 0 Å². The average Bonchev–Trinajstić information content (AvgIpc) is 3.28. The van der Waals surface area contributed by atoms with Gasteiger partial charge in [-0.25, -0.2) is 8.78 Å². The summed E-state index contributed by atoms with van der Waals surface area (Å²) < 4.78 is 31.8. The van der Waals surface area contributed by atoms with Gasteiger partial charge in [-0.3, -0.25) is 4.79 Å². The largest absolute Gasteiger partial charge is 0.380 e. The third kappa shape index (κ3) is 4.90. The second-order valence-corrected chi connectivity index (χ2v) is 5.29. The van der Waals surface area contributed by atoms with Crippen LogP contribution in [0, 0.1) is 11.6 Å². The summed E-state index contributed by atoms with van der Waals surface area (Å²) in [7, 11) is 1.51. The predicted octanol–water partition coefficient (Wildman–Crippen LogP) is 2.24. The SMILES string of the molecule is COC(CN)CC(=O)N(Cc1ccc(F)cc1F)C1CC1.Cl. The van der Waals surface area contributed by atoms with Crippen molar-refractivity contribution >= 4 is 18.3 Å². The first kappa shape index (κ1) is 18.8. The van der Waals surface area contributed by atoms with Crippen LogP contribution < -0.4 is 5.73 Å². The number of ether oxygens (including phenoxy) is 1. The molecule has 0 bridgehead atoms. The molecule has 1 aliphatic carbocycles. The van der Waals surface area contributed by atoms with Crippen molar-refractivity contribution in [1.29, 1.82) is 0 Å². The highest BCUT2D eigenvalue weighted by atomic mass is 35.5. The summed E-state index contributed by atoms with van der Waals surface area (Å²) in [5.41, 5.74) is 5.84. The van der Waals surface area contributed by atoms with Gasteiger partial charge in [-0.05, 0) is 18.9 Å². The number of hydrogen-bond acceptors (Lipinski definition) is 3. The zero-order valence-electron chi connectivity index (χ0n) is 12.4. The maximum Gasteiger partial charge on any atom is 0.225 e. The van der Waals surface area contributed by atoms with E-state index >= 15 is 0 Å². The molecule has 2 rings (SSSR count). The number of halogens is 3. The Kier molecular flexibility index (Phi) is 7.19. The minimum absolute atomic E-state index is 0. The zero-order chi connectivity index (χ0) is 15.4. The normalized spacial score (nSPS) is 15.1. The van der Waals surface area contributed by atoms with Crippen LogP contribution in [0.3, 0.4) is 0 Å². The van der Waals surface area contributed by atoms with Gasteiger partial charge in [0.25, 0.3) is 0 Å². The third-order valence-electron chi connectivity index (χ3n) is 3.66. The van der Waals surface area contributed by atoms with Crippen molar-refractivity contribution in [3.05, 3.63) is 35.4 Å². The molecule has 1 unspecified atom stereocenters. The summed E-state index contributed by atoms with van der Waals surface area (Å²) in [6.07, 6.45) is 1.66. The summed E-state index contributed by atoms with van der Waals surface area (Å²) in [5, 5.41) is 0. The number of carbonyl (C=O) groups is 1. The van der Waals surface area contributed by atoms with Crippen molar-refractivity contribution in [2.75, 3.05) is 13.7 Å². The van der Waals surface area contributed by atoms with E-state index in [1.54, 1.807) is 4.90 Å². The van der Waals surface area contributed by atoms with Gasteiger partial charge in [-0.15, -0.1) is 12.4 Å². The number of hydrogen-bond donors (Lipinski definition) is 1. The predicted molar refractivity (Wildman–Crippen MR) is 81.6 cm³/mol. The summed E-state index contributed by atoms with van der Waals surface area (Å²) in [6, 6.07) is 3.55. The topological polar surface area (TPSA) is 55.6 Å². The van der Waals surface area contributed by atoms with Gasteiger partial charge in [-0.1, -0.05) is 6.07 Å². The van der Waals surface area contributed by atoms with Gasteiger partial charge >= 0.3 is 0 Å². The van der Waals surface area contributed by atoms with Gasteiger partial charge in [0.1, 0.15) is 11.6 Å². The lowest BCUT2D eigenvalue weighted by molar-refractivity contribution is -0.134. The Morgan fingerprint density at radius 1 is 1.45 bits per heavy atom. The van der Waals surface area contributed by atoms with Gasteiger partial charge in [0, 0.05) is 37.9 Å². The molecule has 0 spiro atoms. The lowest BCUT2D eigenvalue weighted by Gasteiger charge is -2.24. The zero-order valence-corrected chi connectivity index (χ0v) is 13.2. The monoisotopic (exact) mass is 334 g/mol. The van der Waals surface area contributed by atoms with E-state index < -0.39 is 11.6 Å². The summed E-state index contributed by atoms with van der Waals surface area (Å²) in [5.74, 6) is -1.36. The number of nitrogens with zero attached hydrogens (tertiary/aromatic N) is 1. The third-order valence-corrected chi connectivity index (χ3v) is 3.66. The van der Waals surface area contributed by atoms with Crippen molar-refractivity contribution in [1.82, 2.24) is 4.90 Å². The molecule has 1 aliphatic rings. The molecule has 0 aliphatic heterocycles. The Bertz CT molecular complexity index is 508. The number of methoxy groups -OCH3 is 1. The second-order valence-electron chi connectivity index (χ2n) is 5.29. The second kappa shape index (κ2) is 8.41. The molecule has 1 atom stereocenters. The maximum atomic E-state index is 13.7. The van der Waals surface area contributed by atoms with Crippen molar-refractivity contribution < 1.29 is 18.3 Å². The van der Waals surface area contributed by atoms with E-state index in [1.165, 1.54) is 19.2 Å². The highest BCUT2D eigenvalue weighted by Gasteiger charge is 2.33. The first-order valence-corrected chi connectivity index (χ1v) is 7.01. The molecule has 0 saturated heterocycles. The fraction of sp³-hybridized carbons (Fsp3) is 0.533. The average molecular weight is 335 g/mol. The molecule has 1 aromatic rings. The number of rotatable bonds is 7. The van der Waals surface area contributed by atoms with Crippen molar-refractivity contribution in [3.8, 4) is 0 Å².